The molecule has 0 atom stereocenters. The maximum atomic E-state index is 12.2. The van der Waals surface area contributed by atoms with E-state index in [2.05, 4.69) is 6.58 Å². The lowest BCUT2D eigenvalue weighted by molar-refractivity contribution is -0.143. The van der Waals surface area contributed by atoms with Gasteiger partial charge in [-0.1, -0.05) is 6.58 Å². The number of hydrogen-bond donors (Lipinski definition) is 0. The van der Waals surface area contributed by atoms with Crippen LogP contribution in [-0.4, -0.2) is 23.4 Å². The summed E-state index contributed by atoms with van der Waals surface area (Å²) in [5, 5.41) is 0. The molecule has 2 nitrogen and oxygen atoms in total. The van der Waals surface area contributed by atoms with Crippen molar-refractivity contribution in [1.29, 1.82) is 0 Å². The van der Waals surface area contributed by atoms with E-state index in [1.54, 1.807) is 0 Å². The molecular formula is C15H23NO. The summed E-state index contributed by atoms with van der Waals surface area (Å²) in [5.74, 6) is 2.83. The minimum absolute atomic E-state index is 0.159. The predicted octanol–water partition coefficient (Wildman–Crippen LogP) is 2.99. The first kappa shape index (κ1) is 11.3. The Balaban J connectivity index is 1.86. The lowest BCUT2D eigenvalue weighted by Crippen LogP contribution is -2.60. The molecule has 4 bridgehead atoms. The van der Waals surface area contributed by atoms with Crippen LogP contribution in [0.1, 0.15) is 45.4 Å². The van der Waals surface area contributed by atoms with Gasteiger partial charge in [0.25, 0.3) is 0 Å². The van der Waals surface area contributed by atoms with Gasteiger partial charge in [-0.25, -0.2) is 0 Å². The zero-order valence-corrected chi connectivity index (χ0v) is 11.0. The zero-order chi connectivity index (χ0) is 12.2. The van der Waals surface area contributed by atoms with Gasteiger partial charge in [-0.2, -0.15) is 0 Å². The van der Waals surface area contributed by atoms with Crippen molar-refractivity contribution >= 4 is 5.91 Å². The molecule has 17 heavy (non-hydrogen) atoms. The van der Waals surface area contributed by atoms with Gasteiger partial charge in [0.05, 0.1) is 0 Å². The number of carbonyl (C=O) groups is 1. The van der Waals surface area contributed by atoms with Gasteiger partial charge in [-0.05, 0) is 63.2 Å². The van der Waals surface area contributed by atoms with Crippen molar-refractivity contribution in [2.45, 2.75) is 51.0 Å². The number of nitrogens with zero attached hydrogens (tertiary/aromatic N) is 1. The fourth-order valence-electron chi connectivity index (χ4n) is 4.98. The average molecular weight is 233 g/mol. The quantitative estimate of drug-likeness (QED) is 0.671. The van der Waals surface area contributed by atoms with Crippen LogP contribution in [0.25, 0.3) is 0 Å². The first-order chi connectivity index (χ1) is 8.00. The average Bonchev–Trinajstić information content (AvgIpc) is 2.25. The van der Waals surface area contributed by atoms with Crippen molar-refractivity contribution < 1.29 is 4.79 Å². The van der Waals surface area contributed by atoms with Gasteiger partial charge in [0.2, 0.25) is 5.91 Å². The topological polar surface area (TPSA) is 20.3 Å². The molecule has 0 saturated heterocycles. The number of amides is 1. The summed E-state index contributed by atoms with van der Waals surface area (Å²) >= 11 is 0. The molecule has 4 fully saturated rings. The molecular weight excluding hydrogens is 210 g/mol. The zero-order valence-electron chi connectivity index (χ0n) is 11.0. The molecule has 0 aromatic rings. The molecule has 4 aliphatic carbocycles. The first-order valence-corrected chi connectivity index (χ1v) is 6.94. The van der Waals surface area contributed by atoms with Gasteiger partial charge in [0.1, 0.15) is 0 Å². The van der Waals surface area contributed by atoms with Crippen LogP contribution < -0.4 is 0 Å². The minimum atomic E-state index is 0.159. The Labute approximate surface area is 104 Å². The molecule has 94 valence electrons. The Morgan fingerprint density at radius 1 is 1.12 bits per heavy atom. The Kier molecular flexibility index (Phi) is 2.39. The van der Waals surface area contributed by atoms with E-state index in [9.17, 15) is 4.79 Å². The van der Waals surface area contributed by atoms with E-state index in [0.29, 0.717) is 5.57 Å². The van der Waals surface area contributed by atoms with Crippen molar-refractivity contribution in [2.24, 2.45) is 17.8 Å². The van der Waals surface area contributed by atoms with Crippen LogP contribution in [-0.2, 0) is 4.79 Å². The molecule has 0 radical (unpaired) electrons. The molecule has 0 aromatic heterocycles. The summed E-state index contributed by atoms with van der Waals surface area (Å²) in [5.41, 5.74) is 0.869. The molecule has 4 saturated carbocycles. The van der Waals surface area contributed by atoms with Gasteiger partial charge < -0.3 is 4.90 Å². The summed E-state index contributed by atoms with van der Waals surface area (Å²) in [4.78, 5) is 14.2. The SMILES string of the molecule is C=C(C)C(=O)N(C)C12CC3CC(CC(C3)C1)C2. The highest BCUT2D eigenvalue weighted by Crippen LogP contribution is 2.57. The summed E-state index contributed by atoms with van der Waals surface area (Å²) in [7, 11) is 2.00. The van der Waals surface area contributed by atoms with E-state index in [1.807, 2.05) is 18.9 Å². The highest BCUT2D eigenvalue weighted by Gasteiger charge is 2.53. The van der Waals surface area contributed by atoms with Crippen LogP contribution in [0.15, 0.2) is 12.2 Å². The minimum Gasteiger partial charge on any atom is -0.336 e. The van der Waals surface area contributed by atoms with Crippen LogP contribution in [0, 0.1) is 17.8 Å². The number of rotatable bonds is 2. The van der Waals surface area contributed by atoms with Crippen LogP contribution in [0.5, 0.6) is 0 Å². The van der Waals surface area contributed by atoms with Gasteiger partial charge in [-0.15, -0.1) is 0 Å². The molecule has 0 N–H and O–H groups in total. The van der Waals surface area contributed by atoms with Gasteiger partial charge in [0, 0.05) is 18.2 Å². The second kappa shape index (κ2) is 3.60. The molecule has 0 aliphatic heterocycles. The van der Waals surface area contributed by atoms with E-state index < -0.39 is 0 Å². The van der Waals surface area contributed by atoms with Crippen LogP contribution in [0.2, 0.25) is 0 Å². The first-order valence-electron chi connectivity index (χ1n) is 6.94. The number of likely N-dealkylation sites (N-methyl/N-ethyl adjacent to an activating group) is 1. The lowest BCUT2D eigenvalue weighted by Gasteiger charge is -2.59. The Bertz CT molecular complexity index is 336. The molecule has 2 heteroatoms. The second-order valence-electron chi connectivity index (χ2n) is 6.79. The lowest BCUT2D eigenvalue weighted by atomic mass is 9.52. The summed E-state index contributed by atoms with van der Waals surface area (Å²) in [6.45, 7) is 5.65. The molecule has 0 aromatic carbocycles. The largest absolute Gasteiger partial charge is 0.336 e. The van der Waals surface area contributed by atoms with Crippen LogP contribution >= 0.6 is 0 Å². The van der Waals surface area contributed by atoms with Crippen molar-refractivity contribution in [3.63, 3.8) is 0 Å². The Morgan fingerprint density at radius 3 is 1.88 bits per heavy atom. The van der Waals surface area contributed by atoms with Crippen LogP contribution in [0.3, 0.4) is 0 Å². The van der Waals surface area contributed by atoms with Crippen molar-refractivity contribution in [3.05, 3.63) is 12.2 Å². The smallest absolute Gasteiger partial charge is 0.249 e. The summed E-state index contributed by atoms with van der Waals surface area (Å²) in [6, 6.07) is 0. The van der Waals surface area contributed by atoms with Crippen molar-refractivity contribution in [1.82, 2.24) is 4.90 Å². The van der Waals surface area contributed by atoms with Crippen LogP contribution in [0.4, 0.5) is 0 Å². The maximum absolute atomic E-state index is 12.2. The third-order valence-corrected chi connectivity index (χ3v) is 5.39. The predicted molar refractivity (Wildman–Crippen MR) is 68.5 cm³/mol. The Hall–Kier alpha value is -0.790. The third kappa shape index (κ3) is 1.64. The van der Waals surface area contributed by atoms with Gasteiger partial charge in [0.15, 0.2) is 0 Å². The van der Waals surface area contributed by atoms with Crippen molar-refractivity contribution in [3.8, 4) is 0 Å². The number of carbonyl (C=O) groups excluding carboxylic acids is 1. The van der Waals surface area contributed by atoms with Gasteiger partial charge >= 0.3 is 0 Å². The standard InChI is InChI=1S/C15H23NO/c1-10(2)14(17)16(3)15-7-11-4-12(8-15)6-13(5-11)9-15/h11-13H,1,4-9H2,2-3H3. The van der Waals surface area contributed by atoms with E-state index in [0.717, 1.165) is 17.8 Å². The van der Waals surface area contributed by atoms with E-state index in [4.69, 9.17) is 0 Å². The fraction of sp³-hybridized carbons (Fsp3) is 0.800. The van der Waals surface area contributed by atoms with Gasteiger partial charge in [-0.3, -0.25) is 4.79 Å². The third-order valence-electron chi connectivity index (χ3n) is 5.39. The summed E-state index contributed by atoms with van der Waals surface area (Å²) < 4.78 is 0. The monoisotopic (exact) mass is 233 g/mol. The Morgan fingerprint density at radius 2 is 1.53 bits per heavy atom. The molecule has 4 aliphatic rings. The van der Waals surface area contributed by atoms with E-state index in [-0.39, 0.29) is 11.4 Å². The summed E-state index contributed by atoms with van der Waals surface area (Å²) in [6.07, 6.45) is 8.01. The van der Waals surface area contributed by atoms with E-state index in [1.165, 1.54) is 38.5 Å². The molecule has 0 spiro atoms. The fourth-order valence-corrected chi connectivity index (χ4v) is 4.98. The second-order valence-corrected chi connectivity index (χ2v) is 6.79. The molecule has 0 unspecified atom stereocenters. The van der Waals surface area contributed by atoms with Crippen molar-refractivity contribution in [2.75, 3.05) is 7.05 Å². The van der Waals surface area contributed by atoms with E-state index >= 15 is 0 Å². The highest BCUT2D eigenvalue weighted by atomic mass is 16.2. The number of hydrogen-bond acceptors (Lipinski definition) is 1. The molecule has 0 heterocycles. The highest BCUT2D eigenvalue weighted by molar-refractivity contribution is 5.92. The normalized spacial score (nSPS) is 42.6. The molecule has 1 amide bonds. The maximum Gasteiger partial charge on any atom is 0.249 e. The molecule has 4 rings (SSSR count).